The fraction of sp³-hybridized carbons (Fsp3) is 0.368. The van der Waals surface area contributed by atoms with Crippen LogP contribution in [0.1, 0.15) is 36.6 Å². The standard InChI is InChI=1S/C19H24N2O2/c1-14(2)18-8-7-17(12-15(18)3)23-13-19(22)21-11-9-16-6-4-5-10-20-16/h4-8,10,12,14H,9,11,13H2,1-3H3,(H,21,22). The van der Waals surface area contributed by atoms with E-state index in [-0.39, 0.29) is 12.5 Å². The molecular weight excluding hydrogens is 288 g/mol. The highest BCUT2D eigenvalue weighted by Gasteiger charge is 2.06. The van der Waals surface area contributed by atoms with Crippen molar-refractivity contribution in [3.63, 3.8) is 0 Å². The van der Waals surface area contributed by atoms with Gasteiger partial charge in [0.1, 0.15) is 5.75 Å². The number of nitrogens with one attached hydrogen (secondary N) is 1. The Kier molecular flexibility index (Phi) is 6.15. The molecule has 0 spiro atoms. The molecule has 1 aromatic carbocycles. The van der Waals surface area contributed by atoms with Gasteiger partial charge in [-0.25, -0.2) is 0 Å². The molecule has 0 unspecified atom stereocenters. The maximum absolute atomic E-state index is 11.8. The van der Waals surface area contributed by atoms with Gasteiger partial charge < -0.3 is 10.1 Å². The van der Waals surface area contributed by atoms with Gasteiger partial charge >= 0.3 is 0 Å². The molecule has 0 fully saturated rings. The average molecular weight is 312 g/mol. The number of aromatic nitrogens is 1. The third kappa shape index (κ3) is 5.40. The summed E-state index contributed by atoms with van der Waals surface area (Å²) >= 11 is 0. The second-order valence-electron chi connectivity index (χ2n) is 5.88. The summed E-state index contributed by atoms with van der Waals surface area (Å²) in [5.74, 6) is 1.09. The molecule has 0 aliphatic carbocycles. The number of nitrogens with zero attached hydrogens (tertiary/aromatic N) is 1. The molecule has 0 saturated heterocycles. The van der Waals surface area contributed by atoms with Crippen LogP contribution in [0.25, 0.3) is 0 Å². The van der Waals surface area contributed by atoms with Gasteiger partial charge in [-0.3, -0.25) is 9.78 Å². The van der Waals surface area contributed by atoms with Gasteiger partial charge in [0.15, 0.2) is 6.61 Å². The first-order valence-electron chi connectivity index (χ1n) is 7.96. The molecule has 1 heterocycles. The Labute approximate surface area is 137 Å². The summed E-state index contributed by atoms with van der Waals surface area (Å²) in [5, 5.41) is 2.84. The molecule has 0 aliphatic rings. The van der Waals surface area contributed by atoms with Gasteiger partial charge in [0.05, 0.1) is 0 Å². The van der Waals surface area contributed by atoms with E-state index in [9.17, 15) is 4.79 Å². The predicted octanol–water partition coefficient (Wildman–Crippen LogP) is 3.25. The normalized spacial score (nSPS) is 10.6. The number of carbonyl (C=O) groups is 1. The van der Waals surface area contributed by atoms with Crippen molar-refractivity contribution in [1.29, 1.82) is 0 Å². The Balaban J connectivity index is 1.75. The van der Waals surface area contributed by atoms with Gasteiger partial charge in [0, 0.05) is 24.9 Å². The minimum atomic E-state index is -0.119. The van der Waals surface area contributed by atoms with Crippen LogP contribution in [0.15, 0.2) is 42.6 Å². The van der Waals surface area contributed by atoms with E-state index in [1.807, 2.05) is 30.3 Å². The van der Waals surface area contributed by atoms with E-state index in [1.165, 1.54) is 11.1 Å². The van der Waals surface area contributed by atoms with Crippen LogP contribution in [0.4, 0.5) is 0 Å². The molecular formula is C19H24N2O2. The van der Waals surface area contributed by atoms with E-state index >= 15 is 0 Å². The Morgan fingerprint density at radius 1 is 1.26 bits per heavy atom. The Hall–Kier alpha value is -2.36. The fourth-order valence-corrected chi connectivity index (χ4v) is 2.46. The molecule has 1 aromatic heterocycles. The summed E-state index contributed by atoms with van der Waals surface area (Å²) in [7, 11) is 0. The van der Waals surface area contributed by atoms with Crippen LogP contribution >= 0.6 is 0 Å². The van der Waals surface area contributed by atoms with Crippen molar-refractivity contribution < 1.29 is 9.53 Å². The lowest BCUT2D eigenvalue weighted by Crippen LogP contribution is -2.30. The first-order chi connectivity index (χ1) is 11.1. The number of benzene rings is 1. The van der Waals surface area contributed by atoms with Crippen LogP contribution in [0.2, 0.25) is 0 Å². The number of amides is 1. The zero-order chi connectivity index (χ0) is 16.7. The molecule has 0 atom stereocenters. The van der Waals surface area contributed by atoms with Crippen LogP contribution in [0.5, 0.6) is 5.75 Å². The summed E-state index contributed by atoms with van der Waals surface area (Å²) in [6.07, 6.45) is 2.47. The quantitative estimate of drug-likeness (QED) is 0.854. The lowest BCUT2D eigenvalue weighted by molar-refractivity contribution is -0.123. The highest BCUT2D eigenvalue weighted by atomic mass is 16.5. The zero-order valence-corrected chi connectivity index (χ0v) is 14.0. The highest BCUT2D eigenvalue weighted by Crippen LogP contribution is 2.23. The lowest BCUT2D eigenvalue weighted by atomic mass is 9.98. The second kappa shape index (κ2) is 8.32. The summed E-state index contributed by atoms with van der Waals surface area (Å²) in [6, 6.07) is 11.7. The number of carbonyl (C=O) groups excluding carboxylic acids is 1. The number of pyridine rings is 1. The van der Waals surface area contributed by atoms with E-state index in [1.54, 1.807) is 6.20 Å². The third-order valence-corrected chi connectivity index (χ3v) is 3.66. The molecule has 1 N–H and O–H groups in total. The maximum Gasteiger partial charge on any atom is 0.257 e. The Bertz CT molecular complexity index is 639. The number of rotatable bonds is 7. The first kappa shape index (κ1) is 17.0. The summed E-state index contributed by atoms with van der Waals surface area (Å²) in [6.45, 7) is 6.98. The van der Waals surface area contributed by atoms with Crippen molar-refractivity contribution >= 4 is 5.91 Å². The van der Waals surface area contributed by atoms with Crippen molar-refractivity contribution in [1.82, 2.24) is 10.3 Å². The third-order valence-electron chi connectivity index (χ3n) is 3.66. The molecule has 0 bridgehead atoms. The molecule has 2 rings (SSSR count). The van der Waals surface area contributed by atoms with Crippen LogP contribution in [-0.4, -0.2) is 24.0 Å². The van der Waals surface area contributed by atoms with E-state index in [4.69, 9.17) is 4.74 Å². The summed E-state index contributed by atoms with van der Waals surface area (Å²) in [4.78, 5) is 16.0. The van der Waals surface area contributed by atoms with E-state index in [0.717, 1.165) is 17.9 Å². The summed E-state index contributed by atoms with van der Waals surface area (Å²) in [5.41, 5.74) is 3.46. The number of hydrogen-bond acceptors (Lipinski definition) is 3. The van der Waals surface area contributed by atoms with Crippen molar-refractivity contribution in [2.75, 3.05) is 13.2 Å². The minimum Gasteiger partial charge on any atom is -0.484 e. The van der Waals surface area contributed by atoms with Crippen molar-refractivity contribution in [2.45, 2.75) is 33.1 Å². The number of hydrogen-bond donors (Lipinski definition) is 1. The molecule has 23 heavy (non-hydrogen) atoms. The average Bonchev–Trinajstić information content (AvgIpc) is 2.53. The topological polar surface area (TPSA) is 51.2 Å². The molecule has 122 valence electrons. The van der Waals surface area contributed by atoms with Crippen LogP contribution in [-0.2, 0) is 11.2 Å². The van der Waals surface area contributed by atoms with Crippen molar-refractivity contribution in [2.24, 2.45) is 0 Å². The van der Waals surface area contributed by atoms with Gasteiger partial charge in [-0.15, -0.1) is 0 Å². The van der Waals surface area contributed by atoms with E-state index < -0.39 is 0 Å². The van der Waals surface area contributed by atoms with Gasteiger partial charge in [0.2, 0.25) is 0 Å². The molecule has 1 amide bonds. The maximum atomic E-state index is 11.8. The highest BCUT2D eigenvalue weighted by molar-refractivity contribution is 5.77. The predicted molar refractivity (Wildman–Crippen MR) is 91.7 cm³/mol. The Morgan fingerprint density at radius 3 is 2.74 bits per heavy atom. The van der Waals surface area contributed by atoms with Gasteiger partial charge in [-0.2, -0.15) is 0 Å². The van der Waals surface area contributed by atoms with Crippen LogP contribution < -0.4 is 10.1 Å². The first-order valence-corrected chi connectivity index (χ1v) is 7.96. The van der Waals surface area contributed by atoms with E-state index in [2.05, 4.69) is 37.1 Å². The number of aryl methyl sites for hydroxylation is 1. The van der Waals surface area contributed by atoms with E-state index in [0.29, 0.717) is 12.5 Å². The van der Waals surface area contributed by atoms with Crippen molar-refractivity contribution in [3.05, 3.63) is 59.4 Å². The van der Waals surface area contributed by atoms with Crippen molar-refractivity contribution in [3.8, 4) is 5.75 Å². The largest absolute Gasteiger partial charge is 0.484 e. The minimum absolute atomic E-state index is 0.0304. The van der Waals surface area contributed by atoms with Gasteiger partial charge in [0.25, 0.3) is 5.91 Å². The molecule has 0 saturated carbocycles. The Morgan fingerprint density at radius 2 is 2.09 bits per heavy atom. The number of ether oxygens (including phenoxy) is 1. The lowest BCUT2D eigenvalue weighted by Gasteiger charge is -2.12. The van der Waals surface area contributed by atoms with Crippen LogP contribution in [0.3, 0.4) is 0 Å². The molecule has 0 aliphatic heterocycles. The monoisotopic (exact) mass is 312 g/mol. The summed E-state index contributed by atoms with van der Waals surface area (Å²) < 4.78 is 5.56. The molecule has 4 nitrogen and oxygen atoms in total. The van der Waals surface area contributed by atoms with Gasteiger partial charge in [-0.1, -0.05) is 26.0 Å². The molecule has 4 heteroatoms. The molecule has 0 radical (unpaired) electrons. The smallest absolute Gasteiger partial charge is 0.257 e. The fourth-order valence-electron chi connectivity index (χ4n) is 2.46. The second-order valence-corrected chi connectivity index (χ2v) is 5.88. The molecule has 2 aromatic rings. The SMILES string of the molecule is Cc1cc(OCC(=O)NCCc2ccccn2)ccc1C(C)C. The van der Waals surface area contributed by atoms with Gasteiger partial charge in [-0.05, 0) is 48.2 Å². The zero-order valence-electron chi connectivity index (χ0n) is 14.0. The van der Waals surface area contributed by atoms with Crippen LogP contribution in [0, 0.1) is 6.92 Å².